The van der Waals surface area contributed by atoms with Crippen molar-refractivity contribution in [2.75, 3.05) is 5.32 Å². The minimum absolute atomic E-state index is 0.600. The third-order valence-electron chi connectivity index (χ3n) is 2.29. The summed E-state index contributed by atoms with van der Waals surface area (Å²) in [5.41, 5.74) is 0.879. The summed E-state index contributed by atoms with van der Waals surface area (Å²) < 4.78 is 0.794. The highest BCUT2D eigenvalue weighted by Crippen LogP contribution is 2.13. The van der Waals surface area contributed by atoms with Gasteiger partial charge in [0.25, 0.3) is 0 Å². The Kier molecular flexibility index (Phi) is 4.58. The van der Waals surface area contributed by atoms with Gasteiger partial charge in [-0.1, -0.05) is 6.92 Å². The highest BCUT2D eigenvalue weighted by atomic mass is 79.9. The molecule has 0 aliphatic rings. The van der Waals surface area contributed by atoms with Gasteiger partial charge in [-0.3, -0.25) is 0 Å². The number of hydrogen-bond acceptors (Lipinski definition) is 5. The molecule has 18 heavy (non-hydrogen) atoms. The van der Waals surface area contributed by atoms with Gasteiger partial charge >= 0.3 is 0 Å². The van der Waals surface area contributed by atoms with Crippen molar-refractivity contribution in [2.45, 2.75) is 26.3 Å². The molecule has 2 heterocycles. The van der Waals surface area contributed by atoms with E-state index in [1.807, 2.05) is 18.2 Å². The van der Waals surface area contributed by atoms with E-state index in [-0.39, 0.29) is 0 Å². The van der Waals surface area contributed by atoms with Crippen molar-refractivity contribution >= 4 is 21.7 Å². The van der Waals surface area contributed by atoms with Gasteiger partial charge in [-0.05, 0) is 34.5 Å². The number of aromatic nitrogens is 4. The first kappa shape index (κ1) is 12.9. The summed E-state index contributed by atoms with van der Waals surface area (Å²) >= 11 is 3.39. The van der Waals surface area contributed by atoms with E-state index < -0.39 is 0 Å². The van der Waals surface area contributed by atoms with Crippen LogP contribution in [-0.4, -0.2) is 20.2 Å². The van der Waals surface area contributed by atoms with E-state index in [1.165, 1.54) is 0 Å². The van der Waals surface area contributed by atoms with E-state index in [0.717, 1.165) is 34.8 Å². The Morgan fingerprint density at radius 1 is 1.33 bits per heavy atom. The smallest absolute Gasteiger partial charge is 0.132 e. The molecule has 0 bridgehead atoms. The SMILES string of the molecule is CCCc1nc(Br)cc(NCc2cccnn2)n1. The van der Waals surface area contributed by atoms with Crippen molar-refractivity contribution in [3.8, 4) is 0 Å². The second-order valence-electron chi connectivity index (χ2n) is 3.81. The highest BCUT2D eigenvalue weighted by molar-refractivity contribution is 9.10. The molecule has 0 saturated carbocycles. The summed E-state index contributed by atoms with van der Waals surface area (Å²) in [6.45, 7) is 2.71. The van der Waals surface area contributed by atoms with Gasteiger partial charge in [0.2, 0.25) is 0 Å². The van der Waals surface area contributed by atoms with Gasteiger partial charge in [-0.15, -0.1) is 0 Å². The van der Waals surface area contributed by atoms with E-state index >= 15 is 0 Å². The summed E-state index contributed by atoms with van der Waals surface area (Å²) in [6, 6.07) is 5.64. The van der Waals surface area contributed by atoms with Crippen LogP contribution in [0.1, 0.15) is 24.9 Å². The largest absolute Gasteiger partial charge is 0.364 e. The van der Waals surface area contributed by atoms with Crippen LogP contribution < -0.4 is 5.32 Å². The number of rotatable bonds is 5. The average Bonchev–Trinajstić information content (AvgIpc) is 2.37. The van der Waals surface area contributed by atoms with Crippen molar-refractivity contribution in [2.24, 2.45) is 0 Å². The van der Waals surface area contributed by atoms with Crippen molar-refractivity contribution in [3.05, 3.63) is 40.5 Å². The first-order chi connectivity index (χ1) is 8.78. The van der Waals surface area contributed by atoms with Gasteiger partial charge in [0, 0.05) is 18.7 Å². The second-order valence-corrected chi connectivity index (χ2v) is 4.62. The average molecular weight is 308 g/mol. The second kappa shape index (κ2) is 6.39. The van der Waals surface area contributed by atoms with Crippen molar-refractivity contribution in [1.82, 2.24) is 20.2 Å². The summed E-state index contributed by atoms with van der Waals surface area (Å²) in [5, 5.41) is 11.1. The van der Waals surface area contributed by atoms with Gasteiger partial charge in [0.1, 0.15) is 16.2 Å². The van der Waals surface area contributed by atoms with Crippen molar-refractivity contribution < 1.29 is 0 Å². The van der Waals surface area contributed by atoms with Crippen LogP contribution in [0, 0.1) is 0 Å². The molecule has 0 aromatic carbocycles. The summed E-state index contributed by atoms with van der Waals surface area (Å²) in [6.07, 6.45) is 3.56. The highest BCUT2D eigenvalue weighted by Gasteiger charge is 2.02. The molecule has 2 rings (SSSR count). The molecule has 0 unspecified atom stereocenters. The molecule has 0 aliphatic heterocycles. The fraction of sp³-hybridized carbons (Fsp3) is 0.333. The van der Waals surface area contributed by atoms with Gasteiger partial charge in [-0.2, -0.15) is 10.2 Å². The lowest BCUT2D eigenvalue weighted by molar-refractivity contribution is 0.826. The van der Waals surface area contributed by atoms with Gasteiger partial charge in [0.05, 0.1) is 12.2 Å². The topological polar surface area (TPSA) is 63.6 Å². The normalized spacial score (nSPS) is 10.3. The third kappa shape index (κ3) is 3.73. The van der Waals surface area contributed by atoms with E-state index in [2.05, 4.69) is 48.3 Å². The quantitative estimate of drug-likeness (QED) is 0.860. The Morgan fingerprint density at radius 2 is 2.22 bits per heavy atom. The maximum Gasteiger partial charge on any atom is 0.132 e. The summed E-state index contributed by atoms with van der Waals surface area (Å²) in [4.78, 5) is 8.75. The molecular weight excluding hydrogens is 294 g/mol. The Balaban J connectivity index is 2.05. The molecule has 0 radical (unpaired) electrons. The summed E-state index contributed by atoms with van der Waals surface area (Å²) in [7, 11) is 0. The lowest BCUT2D eigenvalue weighted by atomic mass is 10.3. The Hall–Kier alpha value is -1.56. The van der Waals surface area contributed by atoms with E-state index in [1.54, 1.807) is 6.20 Å². The minimum Gasteiger partial charge on any atom is -0.364 e. The maximum atomic E-state index is 4.44. The van der Waals surface area contributed by atoms with Gasteiger partial charge < -0.3 is 5.32 Å². The Bertz CT molecular complexity index is 503. The maximum absolute atomic E-state index is 4.44. The zero-order valence-electron chi connectivity index (χ0n) is 10.1. The lowest BCUT2D eigenvalue weighted by Crippen LogP contribution is -2.06. The van der Waals surface area contributed by atoms with Crippen LogP contribution in [0.2, 0.25) is 0 Å². The van der Waals surface area contributed by atoms with Gasteiger partial charge in [-0.25, -0.2) is 9.97 Å². The predicted molar refractivity (Wildman–Crippen MR) is 73.1 cm³/mol. The zero-order chi connectivity index (χ0) is 12.8. The van der Waals surface area contributed by atoms with E-state index in [9.17, 15) is 0 Å². The third-order valence-corrected chi connectivity index (χ3v) is 2.70. The molecule has 0 saturated heterocycles. The fourth-order valence-electron chi connectivity index (χ4n) is 1.50. The first-order valence-corrected chi connectivity index (χ1v) is 6.61. The molecule has 2 aromatic heterocycles. The van der Waals surface area contributed by atoms with Crippen LogP contribution in [-0.2, 0) is 13.0 Å². The fourth-order valence-corrected chi connectivity index (χ4v) is 1.92. The van der Waals surface area contributed by atoms with Crippen molar-refractivity contribution in [1.29, 1.82) is 0 Å². The molecule has 0 aliphatic carbocycles. The van der Waals surface area contributed by atoms with E-state index in [4.69, 9.17) is 0 Å². The molecular formula is C12H14BrN5. The van der Waals surface area contributed by atoms with Crippen LogP contribution in [0.3, 0.4) is 0 Å². The molecule has 6 heteroatoms. The van der Waals surface area contributed by atoms with Crippen LogP contribution in [0.5, 0.6) is 0 Å². The summed E-state index contributed by atoms with van der Waals surface area (Å²) in [5.74, 6) is 1.64. The number of hydrogen-bond donors (Lipinski definition) is 1. The number of nitrogens with one attached hydrogen (secondary N) is 1. The molecule has 0 amide bonds. The lowest BCUT2D eigenvalue weighted by Gasteiger charge is -2.06. The first-order valence-electron chi connectivity index (χ1n) is 5.82. The van der Waals surface area contributed by atoms with Crippen LogP contribution in [0.4, 0.5) is 5.82 Å². The number of aryl methyl sites for hydroxylation is 1. The molecule has 0 spiro atoms. The molecule has 0 atom stereocenters. The van der Waals surface area contributed by atoms with Gasteiger partial charge in [0.15, 0.2) is 0 Å². The Labute approximate surface area is 114 Å². The zero-order valence-corrected chi connectivity index (χ0v) is 11.7. The number of halogens is 1. The number of anilines is 1. The molecule has 2 aromatic rings. The predicted octanol–water partition coefficient (Wildman–Crippen LogP) is 2.59. The minimum atomic E-state index is 0.600. The Morgan fingerprint density at radius 3 is 2.94 bits per heavy atom. The standard InChI is InChI=1S/C12H14BrN5/c1-2-4-11-16-10(13)7-12(17-11)14-8-9-5-3-6-15-18-9/h3,5-7H,2,4,8H2,1H3,(H,14,16,17). The molecule has 94 valence electrons. The van der Waals surface area contributed by atoms with Crippen LogP contribution in [0.25, 0.3) is 0 Å². The molecule has 5 nitrogen and oxygen atoms in total. The van der Waals surface area contributed by atoms with E-state index in [0.29, 0.717) is 6.54 Å². The van der Waals surface area contributed by atoms with Crippen molar-refractivity contribution in [3.63, 3.8) is 0 Å². The monoisotopic (exact) mass is 307 g/mol. The number of nitrogens with zero attached hydrogens (tertiary/aromatic N) is 4. The van der Waals surface area contributed by atoms with Crippen LogP contribution in [0.15, 0.2) is 29.0 Å². The van der Waals surface area contributed by atoms with Crippen LogP contribution >= 0.6 is 15.9 Å². The molecule has 0 fully saturated rings. The molecule has 1 N–H and O–H groups in total.